The second kappa shape index (κ2) is 9.53. The third-order valence-electron chi connectivity index (χ3n) is 7.43. The highest BCUT2D eigenvalue weighted by atomic mass is 16.5. The van der Waals surface area contributed by atoms with Crippen LogP contribution in [0.4, 0.5) is 22.1 Å². The Bertz CT molecular complexity index is 1370. The quantitative estimate of drug-likeness (QED) is 0.507. The smallest absolute Gasteiger partial charge is 0.414 e. The van der Waals surface area contributed by atoms with E-state index in [1.165, 1.54) is 7.11 Å². The summed E-state index contributed by atoms with van der Waals surface area (Å²) in [6.07, 6.45) is 4.03. The van der Waals surface area contributed by atoms with Gasteiger partial charge in [0.2, 0.25) is 5.95 Å². The molecule has 3 atom stereocenters. The van der Waals surface area contributed by atoms with E-state index in [1.54, 1.807) is 17.0 Å². The minimum Gasteiger partial charge on any atom is -0.481 e. The molecule has 1 unspecified atom stereocenters. The SMILES string of the molecule is COC(=O)N1c2ccc3c(nc(Nc4cccc(C#N)c4)n3[C@@H]3CCC[C@@H](C(=O)O)C3)c2CCC1C. The molecule has 1 amide bonds. The van der Waals surface area contributed by atoms with Crippen LogP contribution in [0, 0.1) is 17.2 Å². The monoisotopic (exact) mass is 487 g/mol. The Morgan fingerprint density at radius 2 is 2.06 bits per heavy atom. The van der Waals surface area contributed by atoms with Crippen LogP contribution in [-0.2, 0) is 16.0 Å². The maximum atomic E-state index is 12.6. The molecule has 1 aliphatic heterocycles. The molecule has 186 valence electrons. The lowest BCUT2D eigenvalue weighted by Crippen LogP contribution is -2.42. The maximum Gasteiger partial charge on any atom is 0.414 e. The van der Waals surface area contributed by atoms with Gasteiger partial charge in [-0.25, -0.2) is 9.78 Å². The molecule has 0 spiro atoms. The molecule has 36 heavy (non-hydrogen) atoms. The van der Waals surface area contributed by atoms with Gasteiger partial charge in [-0.05, 0) is 69.4 Å². The van der Waals surface area contributed by atoms with E-state index in [0.29, 0.717) is 24.4 Å². The number of carbonyl (C=O) groups excluding carboxylic acids is 1. The summed E-state index contributed by atoms with van der Waals surface area (Å²) >= 11 is 0. The number of ether oxygens (including phenoxy) is 1. The van der Waals surface area contributed by atoms with Crippen molar-refractivity contribution in [2.24, 2.45) is 5.92 Å². The third kappa shape index (κ3) is 4.13. The van der Waals surface area contributed by atoms with Crippen molar-refractivity contribution in [1.29, 1.82) is 5.26 Å². The number of imidazole rings is 1. The van der Waals surface area contributed by atoms with E-state index in [-0.39, 0.29) is 12.1 Å². The minimum atomic E-state index is -0.763. The van der Waals surface area contributed by atoms with Gasteiger partial charge in [0.05, 0.1) is 41.4 Å². The first-order chi connectivity index (χ1) is 17.4. The van der Waals surface area contributed by atoms with Crippen LogP contribution in [0.1, 0.15) is 56.2 Å². The molecule has 1 aromatic heterocycles. The van der Waals surface area contributed by atoms with E-state index in [0.717, 1.165) is 53.7 Å². The lowest BCUT2D eigenvalue weighted by atomic mass is 9.85. The van der Waals surface area contributed by atoms with E-state index in [9.17, 15) is 20.0 Å². The Kier molecular flexibility index (Phi) is 6.27. The van der Waals surface area contributed by atoms with Gasteiger partial charge in [-0.3, -0.25) is 9.69 Å². The maximum absolute atomic E-state index is 12.6. The summed E-state index contributed by atoms with van der Waals surface area (Å²) in [4.78, 5) is 31.1. The number of hydrogen-bond acceptors (Lipinski definition) is 6. The average Bonchev–Trinajstić information content (AvgIpc) is 3.26. The standard InChI is InChI=1S/C27H29N5O4/c1-16-9-10-21-22(31(16)27(35)36-2)11-12-23-24(21)30-26(29-19-7-3-5-17(13-19)15-28)32(23)20-8-4-6-18(14-20)25(33)34/h3,5,7,11-13,16,18,20H,4,6,8-10,14H2,1-2H3,(H,29,30)(H,33,34)/t16?,18-,20-/m1/s1. The molecule has 9 nitrogen and oxygen atoms in total. The Balaban J connectivity index is 1.66. The summed E-state index contributed by atoms with van der Waals surface area (Å²) in [7, 11) is 1.38. The summed E-state index contributed by atoms with van der Waals surface area (Å²) in [5.74, 6) is -0.558. The molecule has 1 aliphatic carbocycles. The normalized spacial score (nSPS) is 21.5. The zero-order valence-corrected chi connectivity index (χ0v) is 20.4. The van der Waals surface area contributed by atoms with E-state index in [1.807, 2.05) is 31.2 Å². The molecule has 0 saturated heterocycles. The van der Waals surface area contributed by atoms with Crippen molar-refractivity contribution in [3.05, 3.63) is 47.5 Å². The number of nitriles is 1. The first-order valence-electron chi connectivity index (χ1n) is 12.3. The van der Waals surface area contributed by atoms with E-state index in [2.05, 4.69) is 16.0 Å². The largest absolute Gasteiger partial charge is 0.481 e. The van der Waals surface area contributed by atoms with Gasteiger partial charge in [-0.2, -0.15) is 5.26 Å². The van der Waals surface area contributed by atoms with Crippen molar-refractivity contribution >= 4 is 40.4 Å². The minimum absolute atomic E-state index is 0.00507. The van der Waals surface area contributed by atoms with E-state index >= 15 is 0 Å². The molecule has 2 heterocycles. The van der Waals surface area contributed by atoms with Crippen LogP contribution < -0.4 is 10.2 Å². The molecule has 2 N–H and O–H groups in total. The number of methoxy groups -OCH3 is 1. The molecule has 9 heteroatoms. The van der Waals surface area contributed by atoms with Crippen LogP contribution >= 0.6 is 0 Å². The van der Waals surface area contributed by atoms with Crippen LogP contribution in [-0.4, -0.2) is 39.9 Å². The van der Waals surface area contributed by atoms with Gasteiger partial charge in [-0.1, -0.05) is 12.5 Å². The number of amides is 1. The number of aromatic nitrogens is 2. The number of carboxylic acid groups (broad SMARTS) is 1. The van der Waals surface area contributed by atoms with Crippen molar-refractivity contribution in [1.82, 2.24) is 9.55 Å². The fraction of sp³-hybridized carbons (Fsp3) is 0.407. The molecule has 1 fully saturated rings. The number of aryl methyl sites for hydroxylation is 1. The van der Waals surface area contributed by atoms with Gasteiger partial charge >= 0.3 is 12.1 Å². The molecule has 2 aromatic carbocycles. The van der Waals surface area contributed by atoms with E-state index in [4.69, 9.17) is 9.72 Å². The molecule has 0 radical (unpaired) electrons. The van der Waals surface area contributed by atoms with Gasteiger partial charge in [0, 0.05) is 23.3 Å². The number of aliphatic carboxylic acids is 1. The van der Waals surface area contributed by atoms with Crippen LogP contribution in [0.2, 0.25) is 0 Å². The number of benzene rings is 2. The molecule has 5 rings (SSSR count). The summed E-state index contributed by atoms with van der Waals surface area (Å²) in [6, 6.07) is 13.2. The lowest BCUT2D eigenvalue weighted by Gasteiger charge is -2.34. The zero-order valence-electron chi connectivity index (χ0n) is 20.4. The van der Waals surface area contributed by atoms with Crippen LogP contribution in [0.15, 0.2) is 36.4 Å². The number of nitrogens with one attached hydrogen (secondary N) is 1. The number of nitrogens with zero attached hydrogens (tertiary/aromatic N) is 4. The Labute approximate surface area is 209 Å². The fourth-order valence-electron chi connectivity index (χ4n) is 5.65. The molecular weight excluding hydrogens is 458 g/mol. The lowest BCUT2D eigenvalue weighted by molar-refractivity contribution is -0.143. The molecule has 3 aromatic rings. The van der Waals surface area contributed by atoms with Gasteiger partial charge in [0.15, 0.2) is 0 Å². The number of carbonyl (C=O) groups is 2. The van der Waals surface area contributed by atoms with E-state index < -0.39 is 18.0 Å². The number of anilines is 3. The van der Waals surface area contributed by atoms with Crippen molar-refractivity contribution in [2.45, 2.75) is 57.5 Å². The van der Waals surface area contributed by atoms with Crippen molar-refractivity contribution in [3.8, 4) is 6.07 Å². The summed E-state index contributed by atoms with van der Waals surface area (Å²) in [5.41, 5.74) is 4.74. The highest BCUT2D eigenvalue weighted by Gasteiger charge is 2.34. The predicted molar refractivity (Wildman–Crippen MR) is 135 cm³/mol. The van der Waals surface area contributed by atoms with Gasteiger partial charge in [0.25, 0.3) is 0 Å². The number of hydrogen-bond donors (Lipinski definition) is 2. The summed E-state index contributed by atoms with van der Waals surface area (Å²) in [6.45, 7) is 2.01. The third-order valence-corrected chi connectivity index (χ3v) is 7.43. The first kappa shape index (κ1) is 23.7. The topological polar surface area (TPSA) is 120 Å². The Hall–Kier alpha value is -4.06. The van der Waals surface area contributed by atoms with Crippen LogP contribution in [0.25, 0.3) is 11.0 Å². The van der Waals surface area contributed by atoms with Crippen molar-refractivity contribution in [3.63, 3.8) is 0 Å². The average molecular weight is 488 g/mol. The summed E-state index contributed by atoms with van der Waals surface area (Å²) in [5, 5.41) is 22.4. The molecule has 2 aliphatic rings. The van der Waals surface area contributed by atoms with Crippen molar-refractivity contribution < 1.29 is 19.4 Å². The Morgan fingerprint density at radius 3 is 2.81 bits per heavy atom. The number of rotatable bonds is 4. The predicted octanol–water partition coefficient (Wildman–Crippen LogP) is 5.37. The second-order valence-corrected chi connectivity index (χ2v) is 9.64. The molecule has 1 saturated carbocycles. The van der Waals surface area contributed by atoms with Gasteiger partial charge < -0.3 is 19.7 Å². The van der Waals surface area contributed by atoms with Gasteiger partial charge in [-0.15, -0.1) is 0 Å². The Morgan fingerprint density at radius 1 is 1.22 bits per heavy atom. The summed E-state index contributed by atoms with van der Waals surface area (Å²) < 4.78 is 7.17. The van der Waals surface area contributed by atoms with Gasteiger partial charge in [0.1, 0.15) is 0 Å². The highest BCUT2D eigenvalue weighted by Crippen LogP contribution is 2.42. The number of carboxylic acids is 1. The van der Waals surface area contributed by atoms with Crippen LogP contribution in [0.3, 0.4) is 0 Å². The van der Waals surface area contributed by atoms with Crippen LogP contribution in [0.5, 0.6) is 0 Å². The molecule has 0 bridgehead atoms. The number of fused-ring (bicyclic) bond motifs is 3. The molecular formula is C27H29N5O4. The second-order valence-electron chi connectivity index (χ2n) is 9.64. The zero-order chi connectivity index (χ0) is 25.4. The fourth-order valence-corrected chi connectivity index (χ4v) is 5.65. The highest BCUT2D eigenvalue weighted by molar-refractivity contribution is 5.96. The van der Waals surface area contributed by atoms with Crippen molar-refractivity contribution in [2.75, 3.05) is 17.3 Å². The first-order valence-corrected chi connectivity index (χ1v) is 12.3.